The third kappa shape index (κ3) is 3.83. The number of hydrogen-bond acceptors (Lipinski definition) is 7. The van der Waals surface area contributed by atoms with Crippen molar-refractivity contribution in [3.8, 4) is 11.1 Å². The van der Waals surface area contributed by atoms with E-state index >= 15 is 4.39 Å². The van der Waals surface area contributed by atoms with Crippen molar-refractivity contribution in [3.63, 3.8) is 0 Å². The van der Waals surface area contributed by atoms with E-state index in [4.69, 9.17) is 0 Å². The Labute approximate surface area is 207 Å². The molecule has 10 heteroatoms. The second-order valence-corrected chi connectivity index (χ2v) is 9.41. The highest BCUT2D eigenvalue weighted by molar-refractivity contribution is 5.90. The normalized spacial score (nSPS) is 17.4. The molecule has 2 aliphatic heterocycles. The molecule has 0 spiro atoms. The van der Waals surface area contributed by atoms with E-state index in [0.29, 0.717) is 53.4 Å². The summed E-state index contributed by atoms with van der Waals surface area (Å²) in [6.45, 7) is 3.41. The molecule has 4 aromatic rings. The Morgan fingerprint density at radius 3 is 2.83 bits per heavy atom. The molecule has 184 valence electrons. The fourth-order valence-electron chi connectivity index (χ4n) is 4.92. The summed E-state index contributed by atoms with van der Waals surface area (Å²) in [5.74, 6) is 0.842. The van der Waals surface area contributed by atoms with Crippen LogP contribution in [0.5, 0.6) is 0 Å². The van der Waals surface area contributed by atoms with E-state index in [2.05, 4.69) is 25.7 Å². The van der Waals surface area contributed by atoms with Crippen molar-refractivity contribution in [2.75, 3.05) is 30.8 Å². The first-order valence-electron chi connectivity index (χ1n) is 12.0. The predicted octanol–water partition coefficient (Wildman–Crippen LogP) is 3.55. The van der Waals surface area contributed by atoms with Gasteiger partial charge in [0.15, 0.2) is 5.82 Å². The average molecular weight is 488 g/mol. The number of hydrogen-bond donors (Lipinski definition) is 3. The van der Waals surface area contributed by atoms with Crippen molar-refractivity contribution in [2.24, 2.45) is 0 Å². The van der Waals surface area contributed by atoms with Crippen LogP contribution in [0.1, 0.15) is 29.5 Å². The quantitative estimate of drug-likeness (QED) is 0.406. The lowest BCUT2D eigenvalue weighted by Crippen LogP contribution is -2.29. The molecule has 2 aliphatic rings. The van der Waals surface area contributed by atoms with Gasteiger partial charge in [0.1, 0.15) is 18.2 Å². The molecule has 1 aromatic carbocycles. The average Bonchev–Trinajstić information content (AvgIpc) is 3.18. The number of aromatic nitrogens is 4. The van der Waals surface area contributed by atoms with Crippen LogP contribution in [0.3, 0.4) is 0 Å². The Morgan fingerprint density at radius 2 is 1.97 bits per heavy atom. The van der Waals surface area contributed by atoms with Crippen LogP contribution < -0.4 is 10.6 Å². The summed E-state index contributed by atoms with van der Waals surface area (Å²) in [5.41, 5.74) is 4.32. The fraction of sp³-hybridized carbons (Fsp3) is 0.308. The molecule has 5 heterocycles. The van der Waals surface area contributed by atoms with Crippen LogP contribution in [0, 0.1) is 12.7 Å². The van der Waals surface area contributed by atoms with Crippen molar-refractivity contribution in [1.82, 2.24) is 24.6 Å². The number of anilines is 3. The smallest absolute Gasteiger partial charge is 0.244 e. The molecule has 6 rings (SSSR count). The monoisotopic (exact) mass is 487 g/mol. The van der Waals surface area contributed by atoms with Gasteiger partial charge < -0.3 is 20.6 Å². The van der Waals surface area contributed by atoms with Crippen LogP contribution >= 0.6 is 0 Å². The second-order valence-electron chi connectivity index (χ2n) is 9.41. The molecule has 0 bridgehead atoms. The molecule has 0 fully saturated rings. The first-order valence-corrected chi connectivity index (χ1v) is 12.0. The van der Waals surface area contributed by atoms with Crippen LogP contribution in [0.2, 0.25) is 0 Å². The molecular formula is C26H26FN7O2. The van der Waals surface area contributed by atoms with Crippen molar-refractivity contribution in [2.45, 2.75) is 32.4 Å². The third-order valence-corrected chi connectivity index (χ3v) is 7.03. The van der Waals surface area contributed by atoms with Gasteiger partial charge in [0.2, 0.25) is 5.91 Å². The Balaban J connectivity index is 1.34. The van der Waals surface area contributed by atoms with Crippen LogP contribution in [0.25, 0.3) is 21.9 Å². The Hall–Kier alpha value is -4.05. The Morgan fingerprint density at radius 1 is 1.11 bits per heavy atom. The highest BCUT2D eigenvalue weighted by Crippen LogP contribution is 2.38. The number of likely N-dealkylation sites (N-methyl/N-ethyl adjacent to an activating group) is 1. The van der Waals surface area contributed by atoms with Gasteiger partial charge >= 0.3 is 0 Å². The number of amides is 1. The van der Waals surface area contributed by atoms with Gasteiger partial charge in [0.25, 0.3) is 0 Å². The molecule has 0 unspecified atom stereocenters. The zero-order chi connectivity index (χ0) is 25.0. The minimum atomic E-state index is -0.618. The number of rotatable bonds is 3. The lowest BCUT2D eigenvalue weighted by Gasteiger charge is -2.25. The topological polar surface area (TPSA) is 108 Å². The van der Waals surface area contributed by atoms with Gasteiger partial charge in [0.05, 0.1) is 17.5 Å². The van der Waals surface area contributed by atoms with E-state index in [1.807, 2.05) is 19.1 Å². The largest absolute Gasteiger partial charge is 0.387 e. The van der Waals surface area contributed by atoms with Gasteiger partial charge in [-0.1, -0.05) is 0 Å². The van der Waals surface area contributed by atoms with Crippen LogP contribution in [0.15, 0.2) is 36.7 Å². The Bertz CT molecular complexity index is 1520. The number of carbonyl (C=O) groups is 1. The maximum Gasteiger partial charge on any atom is 0.244 e. The van der Waals surface area contributed by atoms with Gasteiger partial charge in [-0.05, 0) is 42.5 Å². The lowest BCUT2D eigenvalue weighted by molar-refractivity contribution is -0.130. The zero-order valence-electron chi connectivity index (χ0n) is 20.0. The molecule has 1 amide bonds. The molecule has 3 N–H and O–H groups in total. The van der Waals surface area contributed by atoms with Gasteiger partial charge in [-0.2, -0.15) is 5.10 Å². The first-order chi connectivity index (χ1) is 17.4. The molecule has 0 aliphatic carbocycles. The third-order valence-electron chi connectivity index (χ3n) is 7.03. The van der Waals surface area contributed by atoms with E-state index in [0.717, 1.165) is 28.8 Å². The van der Waals surface area contributed by atoms with E-state index in [1.54, 1.807) is 35.1 Å². The van der Waals surface area contributed by atoms with Crippen LogP contribution in [-0.4, -0.2) is 55.8 Å². The Kier molecular flexibility index (Phi) is 5.33. The summed E-state index contributed by atoms with van der Waals surface area (Å²) in [6.07, 6.45) is 3.96. The highest BCUT2D eigenvalue weighted by Gasteiger charge is 2.24. The van der Waals surface area contributed by atoms with E-state index in [9.17, 15) is 9.90 Å². The molecular weight excluding hydrogens is 461 g/mol. The number of carbonyl (C=O) groups excluding carboxylic acids is 1. The minimum Gasteiger partial charge on any atom is -0.387 e. The van der Waals surface area contributed by atoms with Gasteiger partial charge in [-0.15, -0.1) is 0 Å². The SMILES string of the molecule is Cc1c(-c2cc3cc(Nc4cc5n(n4)CC(=O)N(C)CC5)ncc3cc2F)cnc2c1NCC[C@@H]2O. The van der Waals surface area contributed by atoms with Crippen molar-refractivity contribution in [3.05, 3.63) is 59.4 Å². The van der Waals surface area contributed by atoms with Crippen LogP contribution in [0.4, 0.5) is 21.7 Å². The van der Waals surface area contributed by atoms with Crippen molar-refractivity contribution >= 4 is 34.0 Å². The summed E-state index contributed by atoms with van der Waals surface area (Å²) in [5, 5.41) is 22.8. The highest BCUT2D eigenvalue weighted by atomic mass is 19.1. The predicted molar refractivity (Wildman–Crippen MR) is 135 cm³/mol. The van der Waals surface area contributed by atoms with Crippen molar-refractivity contribution in [1.29, 1.82) is 0 Å². The maximum atomic E-state index is 15.2. The zero-order valence-corrected chi connectivity index (χ0v) is 20.0. The van der Waals surface area contributed by atoms with Gasteiger partial charge in [-0.3, -0.25) is 14.5 Å². The number of nitrogens with zero attached hydrogens (tertiary/aromatic N) is 5. The van der Waals surface area contributed by atoms with Gasteiger partial charge in [-0.25, -0.2) is 9.37 Å². The summed E-state index contributed by atoms with van der Waals surface area (Å²) >= 11 is 0. The molecule has 3 aromatic heterocycles. The lowest BCUT2D eigenvalue weighted by atomic mass is 9.95. The number of pyridine rings is 2. The summed E-state index contributed by atoms with van der Waals surface area (Å²) in [4.78, 5) is 22.7. The second kappa shape index (κ2) is 8.56. The van der Waals surface area contributed by atoms with Crippen LogP contribution in [-0.2, 0) is 17.8 Å². The number of aliphatic hydroxyl groups is 1. The molecule has 0 saturated heterocycles. The summed E-state index contributed by atoms with van der Waals surface area (Å²) in [7, 11) is 1.80. The molecule has 0 saturated carbocycles. The standard InChI is InChI=1S/C26H26FN7O2/c1-14-19(12-30-26-21(35)3-5-28-25(14)26)18-7-15-9-22(29-11-16(15)8-20(18)27)31-23-10-17-4-6-33(2)24(36)13-34(17)32-23/h7-12,21,28,35H,3-6,13H2,1-2H3,(H,29,31,32)/t21-/m0/s1. The molecule has 1 atom stereocenters. The molecule has 9 nitrogen and oxygen atoms in total. The van der Waals surface area contributed by atoms with Crippen molar-refractivity contribution < 1.29 is 14.3 Å². The first kappa shape index (κ1) is 22.4. The number of benzene rings is 1. The van der Waals surface area contributed by atoms with E-state index < -0.39 is 6.10 Å². The number of fused-ring (bicyclic) bond motifs is 3. The van der Waals surface area contributed by atoms with E-state index in [1.165, 1.54) is 6.07 Å². The number of aliphatic hydroxyl groups excluding tert-OH is 1. The molecule has 36 heavy (non-hydrogen) atoms. The molecule has 0 radical (unpaired) electrons. The minimum absolute atomic E-state index is 0.0263. The fourth-order valence-corrected chi connectivity index (χ4v) is 4.92. The number of halogens is 1. The van der Waals surface area contributed by atoms with E-state index in [-0.39, 0.29) is 18.3 Å². The number of nitrogens with one attached hydrogen (secondary N) is 2. The summed E-state index contributed by atoms with van der Waals surface area (Å²) in [6, 6.07) is 7.05. The maximum absolute atomic E-state index is 15.2. The van der Waals surface area contributed by atoms with Gasteiger partial charge in [0, 0.05) is 67.2 Å². The summed E-state index contributed by atoms with van der Waals surface area (Å²) < 4.78 is 16.9.